The quantitative estimate of drug-likeness (QED) is 0.873. The first-order chi connectivity index (χ1) is 7.95. The summed E-state index contributed by atoms with van der Waals surface area (Å²) >= 11 is 0. The first-order valence-electron chi connectivity index (χ1n) is 5.80. The molecule has 0 saturated heterocycles. The zero-order chi connectivity index (χ0) is 12.5. The average Bonchev–Trinajstić information content (AvgIpc) is 2.63. The summed E-state index contributed by atoms with van der Waals surface area (Å²) in [6.07, 6.45) is 0.960. The molecular weight excluding hydrogens is 231 g/mol. The minimum Gasteiger partial charge on any atom is -0.396 e. The van der Waals surface area contributed by atoms with Gasteiger partial charge in [-0.15, -0.1) is 0 Å². The lowest BCUT2D eigenvalue weighted by atomic mass is 9.81. The van der Waals surface area contributed by atoms with Crippen LogP contribution >= 0.6 is 0 Å². The largest absolute Gasteiger partial charge is 0.396 e. The molecule has 2 rings (SSSR count). The second-order valence-corrected chi connectivity index (χ2v) is 4.75. The second-order valence-electron chi connectivity index (χ2n) is 4.75. The normalized spacial score (nSPS) is 26.1. The van der Waals surface area contributed by atoms with Crippen LogP contribution in [0.25, 0.3) is 0 Å². The van der Waals surface area contributed by atoms with Crippen LogP contribution in [0.4, 0.5) is 18.9 Å². The highest BCUT2D eigenvalue weighted by atomic mass is 19.4. The number of hydrogen-bond acceptors (Lipinski definition) is 2. The lowest BCUT2D eigenvalue weighted by Crippen LogP contribution is -2.29. The van der Waals surface area contributed by atoms with Crippen molar-refractivity contribution >= 4 is 5.69 Å². The molecule has 0 amide bonds. The fraction of sp³-hybridized carbons (Fsp3) is 0.727. The summed E-state index contributed by atoms with van der Waals surface area (Å²) in [4.78, 5) is 0. The summed E-state index contributed by atoms with van der Waals surface area (Å²) in [5, 5.41) is 4.05. The number of rotatable bonds is 2. The number of aromatic nitrogens is 2. The Labute approximate surface area is 97.8 Å². The SMILES string of the molecule is Nc1cnn(CC2CCC(C(F)(F)F)CC2)c1. The fourth-order valence-electron chi connectivity index (χ4n) is 2.42. The van der Waals surface area contributed by atoms with Gasteiger partial charge in [-0.05, 0) is 31.6 Å². The molecule has 0 unspecified atom stereocenters. The van der Waals surface area contributed by atoms with Crippen LogP contribution in [0.1, 0.15) is 25.7 Å². The number of nitrogens with two attached hydrogens (primary N) is 1. The minimum atomic E-state index is -4.03. The number of anilines is 1. The zero-order valence-electron chi connectivity index (χ0n) is 9.45. The number of halogens is 3. The van der Waals surface area contributed by atoms with E-state index in [0.717, 1.165) is 0 Å². The molecular formula is C11H16F3N3. The molecule has 1 aliphatic carbocycles. The van der Waals surface area contributed by atoms with Gasteiger partial charge in [0.05, 0.1) is 17.8 Å². The Hall–Kier alpha value is -1.20. The molecule has 0 aliphatic heterocycles. The van der Waals surface area contributed by atoms with Crippen LogP contribution in [0, 0.1) is 11.8 Å². The topological polar surface area (TPSA) is 43.8 Å². The van der Waals surface area contributed by atoms with Crippen molar-refractivity contribution in [1.29, 1.82) is 0 Å². The van der Waals surface area contributed by atoms with E-state index >= 15 is 0 Å². The molecule has 96 valence electrons. The maximum Gasteiger partial charge on any atom is 0.391 e. The molecule has 1 aliphatic rings. The molecule has 0 spiro atoms. The van der Waals surface area contributed by atoms with Crippen LogP contribution in [0.2, 0.25) is 0 Å². The van der Waals surface area contributed by atoms with E-state index in [1.807, 2.05) is 0 Å². The van der Waals surface area contributed by atoms with Crippen LogP contribution in [-0.2, 0) is 6.54 Å². The van der Waals surface area contributed by atoms with E-state index in [9.17, 15) is 13.2 Å². The smallest absolute Gasteiger partial charge is 0.391 e. The Bertz CT molecular complexity index is 364. The highest BCUT2D eigenvalue weighted by Gasteiger charge is 2.41. The van der Waals surface area contributed by atoms with Gasteiger partial charge in [-0.25, -0.2) is 0 Å². The van der Waals surface area contributed by atoms with Gasteiger partial charge in [0, 0.05) is 12.7 Å². The van der Waals surface area contributed by atoms with E-state index in [4.69, 9.17) is 5.73 Å². The third-order valence-corrected chi connectivity index (χ3v) is 3.41. The number of alkyl halides is 3. The predicted molar refractivity (Wildman–Crippen MR) is 58.1 cm³/mol. The number of nitrogen functional groups attached to an aromatic ring is 1. The van der Waals surface area contributed by atoms with Crippen molar-refractivity contribution in [2.24, 2.45) is 11.8 Å². The van der Waals surface area contributed by atoms with Crippen molar-refractivity contribution < 1.29 is 13.2 Å². The van der Waals surface area contributed by atoms with Crippen molar-refractivity contribution in [1.82, 2.24) is 9.78 Å². The summed E-state index contributed by atoms with van der Waals surface area (Å²) in [5.74, 6) is -0.825. The van der Waals surface area contributed by atoms with E-state index in [0.29, 0.717) is 25.1 Å². The van der Waals surface area contributed by atoms with E-state index in [2.05, 4.69) is 5.10 Å². The predicted octanol–water partition coefficient (Wildman–Crippen LogP) is 2.83. The lowest BCUT2D eigenvalue weighted by Gasteiger charge is -2.29. The van der Waals surface area contributed by atoms with Crippen LogP contribution in [-0.4, -0.2) is 16.0 Å². The molecule has 2 N–H and O–H groups in total. The van der Waals surface area contributed by atoms with Crippen LogP contribution in [0.15, 0.2) is 12.4 Å². The molecule has 1 aromatic rings. The molecule has 0 aromatic carbocycles. The zero-order valence-corrected chi connectivity index (χ0v) is 9.45. The summed E-state index contributed by atoms with van der Waals surface area (Å²) in [6, 6.07) is 0. The van der Waals surface area contributed by atoms with Crippen molar-refractivity contribution in [3.8, 4) is 0 Å². The maximum atomic E-state index is 12.5. The fourth-order valence-corrected chi connectivity index (χ4v) is 2.42. The molecule has 1 heterocycles. The maximum absolute atomic E-state index is 12.5. The molecule has 1 fully saturated rings. The Morgan fingerprint density at radius 1 is 1.29 bits per heavy atom. The highest BCUT2D eigenvalue weighted by Crippen LogP contribution is 2.39. The van der Waals surface area contributed by atoms with Crippen LogP contribution in [0.3, 0.4) is 0 Å². The third-order valence-electron chi connectivity index (χ3n) is 3.41. The number of nitrogens with zero attached hydrogens (tertiary/aromatic N) is 2. The van der Waals surface area contributed by atoms with Gasteiger partial charge in [0.25, 0.3) is 0 Å². The summed E-state index contributed by atoms with van der Waals surface area (Å²) < 4.78 is 39.1. The molecule has 1 saturated carbocycles. The summed E-state index contributed by atoms with van der Waals surface area (Å²) in [5.41, 5.74) is 6.12. The van der Waals surface area contributed by atoms with E-state index in [-0.39, 0.29) is 18.8 Å². The van der Waals surface area contributed by atoms with Gasteiger partial charge in [-0.1, -0.05) is 0 Å². The van der Waals surface area contributed by atoms with Crippen LogP contribution in [0.5, 0.6) is 0 Å². The Morgan fingerprint density at radius 2 is 1.94 bits per heavy atom. The lowest BCUT2D eigenvalue weighted by molar-refractivity contribution is -0.184. The molecule has 1 aromatic heterocycles. The van der Waals surface area contributed by atoms with Crippen molar-refractivity contribution in [3.05, 3.63) is 12.4 Å². The van der Waals surface area contributed by atoms with Crippen molar-refractivity contribution in [2.45, 2.75) is 38.4 Å². The Kier molecular flexibility index (Phi) is 3.31. The monoisotopic (exact) mass is 247 g/mol. The van der Waals surface area contributed by atoms with Gasteiger partial charge in [-0.2, -0.15) is 18.3 Å². The molecule has 0 bridgehead atoms. The average molecular weight is 247 g/mol. The summed E-state index contributed by atoms with van der Waals surface area (Å²) in [6.45, 7) is 0.668. The molecule has 3 nitrogen and oxygen atoms in total. The molecule has 17 heavy (non-hydrogen) atoms. The van der Waals surface area contributed by atoms with E-state index in [1.54, 1.807) is 17.1 Å². The first kappa shape index (κ1) is 12.3. The van der Waals surface area contributed by atoms with Gasteiger partial charge < -0.3 is 5.73 Å². The Morgan fingerprint density at radius 3 is 2.41 bits per heavy atom. The van der Waals surface area contributed by atoms with Gasteiger partial charge in [0.1, 0.15) is 0 Å². The third kappa shape index (κ3) is 3.14. The number of hydrogen-bond donors (Lipinski definition) is 1. The molecule has 0 atom stereocenters. The van der Waals surface area contributed by atoms with Crippen molar-refractivity contribution in [3.63, 3.8) is 0 Å². The molecule has 6 heteroatoms. The van der Waals surface area contributed by atoms with Gasteiger partial charge in [-0.3, -0.25) is 4.68 Å². The minimum absolute atomic E-state index is 0.241. The standard InChI is InChI=1S/C11H16F3N3/c12-11(13,14)9-3-1-8(2-4-9)6-17-7-10(15)5-16-17/h5,7-9H,1-4,6,15H2. The van der Waals surface area contributed by atoms with Gasteiger partial charge >= 0.3 is 6.18 Å². The van der Waals surface area contributed by atoms with Gasteiger partial charge in [0.15, 0.2) is 0 Å². The van der Waals surface area contributed by atoms with E-state index in [1.165, 1.54) is 0 Å². The first-order valence-corrected chi connectivity index (χ1v) is 5.80. The van der Waals surface area contributed by atoms with Crippen molar-refractivity contribution in [2.75, 3.05) is 5.73 Å². The highest BCUT2D eigenvalue weighted by molar-refractivity contribution is 5.30. The Balaban J connectivity index is 1.83. The second kappa shape index (κ2) is 4.58. The van der Waals surface area contributed by atoms with Crippen LogP contribution < -0.4 is 5.73 Å². The summed E-state index contributed by atoms with van der Waals surface area (Å²) in [7, 11) is 0. The van der Waals surface area contributed by atoms with Gasteiger partial charge in [0.2, 0.25) is 0 Å². The van der Waals surface area contributed by atoms with E-state index < -0.39 is 12.1 Å². The molecule has 0 radical (unpaired) electrons.